The van der Waals surface area contributed by atoms with Crippen LogP contribution in [0.3, 0.4) is 0 Å². The number of hydrogen-bond acceptors (Lipinski definition) is 8. The summed E-state index contributed by atoms with van der Waals surface area (Å²) in [7, 11) is 0. The lowest BCUT2D eigenvalue weighted by molar-refractivity contribution is -0.121. The lowest BCUT2D eigenvalue weighted by Gasteiger charge is -2.42. The number of amides is 1. The summed E-state index contributed by atoms with van der Waals surface area (Å²) < 4.78 is 7.32. The molecule has 1 amide bonds. The first-order chi connectivity index (χ1) is 19.1. The summed E-state index contributed by atoms with van der Waals surface area (Å²) in [6.45, 7) is 8.13. The van der Waals surface area contributed by atoms with Gasteiger partial charge in [0.15, 0.2) is 0 Å². The number of pyridine rings is 1. The number of piperazine rings is 1. The van der Waals surface area contributed by atoms with Crippen LogP contribution in [0.2, 0.25) is 0 Å². The van der Waals surface area contributed by atoms with Crippen LogP contribution in [-0.4, -0.2) is 67.6 Å². The van der Waals surface area contributed by atoms with E-state index in [4.69, 9.17) is 9.72 Å². The molecule has 10 nitrogen and oxygen atoms in total. The molecular formula is C29H34N8O2. The number of carbonyl (C=O) groups is 1. The van der Waals surface area contributed by atoms with Gasteiger partial charge in [0.05, 0.1) is 12.6 Å². The molecular weight excluding hydrogens is 492 g/mol. The Balaban J connectivity index is 1.31. The van der Waals surface area contributed by atoms with E-state index in [1.54, 1.807) is 23.3 Å². The monoisotopic (exact) mass is 526 g/mol. The third-order valence-electron chi connectivity index (χ3n) is 6.70. The smallest absolute Gasteiger partial charge is 0.237 e. The molecule has 1 N–H and O–H groups in total. The van der Waals surface area contributed by atoms with Gasteiger partial charge in [-0.1, -0.05) is 18.2 Å². The van der Waals surface area contributed by atoms with Crippen LogP contribution in [-0.2, 0) is 17.9 Å². The van der Waals surface area contributed by atoms with E-state index in [0.29, 0.717) is 25.5 Å². The minimum atomic E-state index is -0.0549. The first kappa shape index (κ1) is 26.3. The topological polar surface area (TPSA) is 101 Å². The molecule has 1 aromatic carbocycles. The molecule has 10 heteroatoms. The van der Waals surface area contributed by atoms with Crippen molar-refractivity contribution in [1.29, 1.82) is 0 Å². The summed E-state index contributed by atoms with van der Waals surface area (Å²) in [6.07, 6.45) is 9.26. The summed E-state index contributed by atoms with van der Waals surface area (Å²) in [5.74, 6) is 2.22. The number of aromatic nitrogens is 5. The Morgan fingerprint density at radius 2 is 1.95 bits per heavy atom. The molecule has 1 aliphatic heterocycles. The molecule has 202 valence electrons. The van der Waals surface area contributed by atoms with Crippen LogP contribution in [0.4, 0.5) is 5.82 Å². The van der Waals surface area contributed by atoms with Crippen molar-refractivity contribution in [2.45, 2.75) is 39.4 Å². The maximum atomic E-state index is 13.2. The molecule has 1 fully saturated rings. The summed E-state index contributed by atoms with van der Waals surface area (Å²) in [6, 6.07) is 13.8. The fraction of sp³-hybridized carbons (Fsp3) is 0.345. The van der Waals surface area contributed by atoms with Crippen LogP contribution < -0.4 is 15.0 Å². The highest BCUT2D eigenvalue weighted by atomic mass is 16.5. The number of nitrogens with zero attached hydrogens (tertiary/aromatic N) is 7. The van der Waals surface area contributed by atoms with Gasteiger partial charge >= 0.3 is 0 Å². The van der Waals surface area contributed by atoms with Crippen LogP contribution in [0.15, 0.2) is 73.6 Å². The molecule has 0 radical (unpaired) electrons. The van der Waals surface area contributed by atoms with Gasteiger partial charge in [-0.25, -0.2) is 9.97 Å². The second-order valence-electron chi connectivity index (χ2n) is 9.64. The summed E-state index contributed by atoms with van der Waals surface area (Å²) in [5, 5.41) is 3.10. The van der Waals surface area contributed by atoms with Gasteiger partial charge in [-0.15, -0.1) is 0 Å². The minimum Gasteiger partial charge on any atom is -0.494 e. The quantitative estimate of drug-likeness (QED) is 0.336. The summed E-state index contributed by atoms with van der Waals surface area (Å²) in [5.41, 5.74) is 3.05. The zero-order valence-electron chi connectivity index (χ0n) is 22.4. The first-order valence-corrected chi connectivity index (χ1v) is 13.3. The lowest BCUT2D eigenvalue weighted by atomic mass is 10.1. The Morgan fingerprint density at radius 1 is 1.08 bits per heavy atom. The molecule has 3 aromatic heterocycles. The average molecular weight is 527 g/mol. The molecule has 1 saturated heterocycles. The molecule has 1 atom stereocenters. The molecule has 1 aliphatic rings. The Hall–Kier alpha value is -4.31. The molecule has 0 aliphatic carbocycles. The third kappa shape index (κ3) is 6.97. The van der Waals surface area contributed by atoms with Crippen molar-refractivity contribution in [3.8, 4) is 11.7 Å². The number of aryl methyl sites for hydroxylation is 1. The van der Waals surface area contributed by atoms with E-state index in [2.05, 4.69) is 36.1 Å². The molecule has 1 unspecified atom stereocenters. The largest absolute Gasteiger partial charge is 0.494 e. The van der Waals surface area contributed by atoms with E-state index in [-0.39, 0.29) is 11.9 Å². The number of hydrogen-bond donors (Lipinski definition) is 1. The highest BCUT2D eigenvalue weighted by molar-refractivity contribution is 5.77. The molecule has 4 aromatic rings. The fourth-order valence-corrected chi connectivity index (χ4v) is 4.82. The molecule has 0 spiro atoms. The predicted octanol–water partition coefficient (Wildman–Crippen LogP) is 3.16. The van der Waals surface area contributed by atoms with Gasteiger partial charge in [0.2, 0.25) is 11.9 Å². The van der Waals surface area contributed by atoms with Crippen LogP contribution >= 0.6 is 0 Å². The van der Waals surface area contributed by atoms with E-state index < -0.39 is 0 Å². The summed E-state index contributed by atoms with van der Waals surface area (Å²) >= 11 is 0. The van der Waals surface area contributed by atoms with Gasteiger partial charge in [0.25, 0.3) is 0 Å². The average Bonchev–Trinajstić information content (AvgIpc) is 3.49. The maximum absolute atomic E-state index is 13.2. The van der Waals surface area contributed by atoms with E-state index in [9.17, 15) is 4.79 Å². The van der Waals surface area contributed by atoms with Gasteiger partial charge in [-0.2, -0.15) is 4.98 Å². The van der Waals surface area contributed by atoms with Gasteiger partial charge < -0.3 is 15.0 Å². The van der Waals surface area contributed by atoms with Gasteiger partial charge in [-0.05, 0) is 43.2 Å². The van der Waals surface area contributed by atoms with Crippen molar-refractivity contribution in [3.63, 3.8) is 0 Å². The van der Waals surface area contributed by atoms with Crippen LogP contribution in [0.1, 0.15) is 30.2 Å². The number of imidazole rings is 1. The van der Waals surface area contributed by atoms with Gasteiger partial charge in [0, 0.05) is 75.7 Å². The Kier molecular flexibility index (Phi) is 8.42. The zero-order valence-corrected chi connectivity index (χ0v) is 22.4. The highest BCUT2D eigenvalue weighted by Gasteiger charge is 2.30. The predicted molar refractivity (Wildman–Crippen MR) is 149 cm³/mol. The van der Waals surface area contributed by atoms with Crippen LogP contribution in [0.5, 0.6) is 5.75 Å². The molecule has 39 heavy (non-hydrogen) atoms. The summed E-state index contributed by atoms with van der Waals surface area (Å²) in [4.78, 5) is 35.6. The lowest BCUT2D eigenvalue weighted by Crippen LogP contribution is -2.54. The third-order valence-corrected chi connectivity index (χ3v) is 6.70. The first-order valence-electron chi connectivity index (χ1n) is 13.3. The number of carbonyl (C=O) groups excluding carboxylic acids is 1. The molecule has 4 heterocycles. The SMILES string of the molecule is CCOc1ccc(CNC(=O)CC2CN(Cc3cccnc3)CCN2c2cc(C)nc(-n3ccnc3)n2)cc1. The number of anilines is 1. The zero-order chi connectivity index (χ0) is 27.0. The minimum absolute atomic E-state index is 0.00252. The second-order valence-corrected chi connectivity index (χ2v) is 9.64. The normalized spacial score (nSPS) is 15.7. The van der Waals surface area contributed by atoms with E-state index in [0.717, 1.165) is 54.6 Å². The maximum Gasteiger partial charge on any atom is 0.237 e. The fourth-order valence-electron chi connectivity index (χ4n) is 4.82. The van der Waals surface area contributed by atoms with E-state index >= 15 is 0 Å². The molecule has 0 saturated carbocycles. The van der Waals surface area contributed by atoms with Crippen molar-refractivity contribution in [3.05, 3.63) is 90.4 Å². The van der Waals surface area contributed by atoms with Gasteiger partial charge in [-0.3, -0.25) is 19.2 Å². The Labute approximate surface area is 228 Å². The second kappa shape index (κ2) is 12.5. The number of benzene rings is 1. The van der Waals surface area contributed by atoms with E-state index in [1.165, 1.54) is 0 Å². The standard InChI is InChI=1S/C29H34N8O2/c1-3-39-26-8-6-23(7-9-26)18-32-28(38)16-25-20-35(19-24-5-4-10-30-17-24)13-14-37(25)27-15-22(2)33-29(34-27)36-12-11-31-21-36/h4-12,15,17,21,25H,3,13-14,16,18-20H2,1-2H3,(H,32,38). The number of nitrogens with one attached hydrogen (secondary N) is 1. The van der Waals surface area contributed by atoms with Gasteiger partial charge in [0.1, 0.15) is 17.9 Å². The van der Waals surface area contributed by atoms with Crippen molar-refractivity contribution in [2.75, 3.05) is 31.1 Å². The highest BCUT2D eigenvalue weighted by Crippen LogP contribution is 2.23. The molecule has 0 bridgehead atoms. The van der Waals surface area contributed by atoms with Crippen LogP contribution in [0.25, 0.3) is 5.95 Å². The van der Waals surface area contributed by atoms with Crippen molar-refractivity contribution in [2.24, 2.45) is 0 Å². The Morgan fingerprint density at radius 3 is 2.69 bits per heavy atom. The number of ether oxygens (including phenoxy) is 1. The number of rotatable bonds is 10. The van der Waals surface area contributed by atoms with Crippen LogP contribution in [0, 0.1) is 6.92 Å². The van der Waals surface area contributed by atoms with Crippen molar-refractivity contribution in [1.82, 2.24) is 34.7 Å². The van der Waals surface area contributed by atoms with Crippen molar-refractivity contribution < 1.29 is 9.53 Å². The Bertz CT molecular complexity index is 1350. The van der Waals surface area contributed by atoms with E-state index in [1.807, 2.05) is 62.6 Å². The molecule has 5 rings (SSSR count). The van der Waals surface area contributed by atoms with Crippen molar-refractivity contribution >= 4 is 11.7 Å².